The van der Waals surface area contributed by atoms with Crippen LogP contribution in [0.3, 0.4) is 0 Å². The van der Waals surface area contributed by atoms with Crippen LogP contribution >= 0.6 is 0 Å². The van der Waals surface area contributed by atoms with Crippen LogP contribution in [-0.2, 0) is 6.42 Å². The maximum atomic E-state index is 14.5. The van der Waals surface area contributed by atoms with Gasteiger partial charge in [0.25, 0.3) is 0 Å². The van der Waals surface area contributed by atoms with Crippen LogP contribution in [0.15, 0.2) is 67.3 Å². The molecule has 0 unspecified atom stereocenters. The smallest absolute Gasteiger partial charge is 0.134 e. The van der Waals surface area contributed by atoms with E-state index in [-0.39, 0.29) is 5.82 Å². The summed E-state index contributed by atoms with van der Waals surface area (Å²) in [4.78, 5) is 0. The van der Waals surface area contributed by atoms with Gasteiger partial charge in [-0.2, -0.15) is 0 Å². The van der Waals surface area contributed by atoms with Crippen molar-refractivity contribution in [2.75, 3.05) is 0 Å². The lowest BCUT2D eigenvalue weighted by molar-refractivity contribution is 0.312. The van der Waals surface area contributed by atoms with Crippen LogP contribution in [0.1, 0.15) is 73.6 Å². The van der Waals surface area contributed by atoms with Gasteiger partial charge in [-0.05, 0) is 97.6 Å². The largest absolute Gasteiger partial charge is 0.206 e. The van der Waals surface area contributed by atoms with Crippen molar-refractivity contribution < 1.29 is 4.39 Å². The molecule has 0 atom stereocenters. The zero-order valence-electron chi connectivity index (χ0n) is 18.5. The van der Waals surface area contributed by atoms with E-state index in [9.17, 15) is 4.39 Å². The van der Waals surface area contributed by atoms with Gasteiger partial charge >= 0.3 is 0 Å². The summed E-state index contributed by atoms with van der Waals surface area (Å²) in [5.74, 6) is 7.97. The second-order valence-corrected chi connectivity index (χ2v) is 8.78. The SMILES string of the molecule is C=CCCC1CCC(c2ccc(C#Cc3ccc4c(F)c(CC)ccc4c3)cc2)CC1. The van der Waals surface area contributed by atoms with Gasteiger partial charge in [0.2, 0.25) is 0 Å². The standard InChI is InChI=1S/C30H31F/c1-3-5-6-22-9-14-26(15-10-22)27-16-11-23(12-17-27)7-8-24-13-20-29-28(21-24)19-18-25(4-2)30(29)31/h3,11-13,16-22,26H,1,4-6,9-10,14-15H2,2H3. The number of allylic oxidation sites excluding steroid dienone is 1. The maximum Gasteiger partial charge on any atom is 0.134 e. The summed E-state index contributed by atoms with van der Waals surface area (Å²) in [5, 5.41) is 1.58. The van der Waals surface area contributed by atoms with Gasteiger partial charge in [-0.25, -0.2) is 4.39 Å². The summed E-state index contributed by atoms with van der Waals surface area (Å²) in [6.07, 6.45) is 10.5. The van der Waals surface area contributed by atoms with E-state index in [1.165, 1.54) is 37.7 Å². The molecule has 1 aliphatic carbocycles. The zero-order valence-corrected chi connectivity index (χ0v) is 18.5. The molecule has 0 aromatic heterocycles. The van der Waals surface area contributed by atoms with Crippen molar-refractivity contribution in [1.29, 1.82) is 0 Å². The summed E-state index contributed by atoms with van der Waals surface area (Å²) in [6, 6.07) is 18.4. The molecule has 31 heavy (non-hydrogen) atoms. The Morgan fingerprint density at radius 1 is 0.935 bits per heavy atom. The molecule has 0 saturated heterocycles. The van der Waals surface area contributed by atoms with Crippen LogP contribution in [0.25, 0.3) is 10.8 Å². The van der Waals surface area contributed by atoms with Gasteiger partial charge in [0.1, 0.15) is 5.82 Å². The van der Waals surface area contributed by atoms with Crippen LogP contribution in [0.5, 0.6) is 0 Å². The number of aryl methyl sites for hydroxylation is 1. The quantitative estimate of drug-likeness (QED) is 0.294. The van der Waals surface area contributed by atoms with Gasteiger partial charge in [0.15, 0.2) is 0 Å². The van der Waals surface area contributed by atoms with Gasteiger partial charge in [0, 0.05) is 16.5 Å². The molecule has 0 heterocycles. The zero-order chi connectivity index (χ0) is 21.6. The third kappa shape index (κ3) is 5.08. The highest BCUT2D eigenvalue weighted by Crippen LogP contribution is 2.37. The third-order valence-corrected chi connectivity index (χ3v) is 6.77. The monoisotopic (exact) mass is 410 g/mol. The minimum absolute atomic E-state index is 0.107. The summed E-state index contributed by atoms with van der Waals surface area (Å²) < 4.78 is 14.5. The van der Waals surface area contributed by atoms with E-state index in [1.54, 1.807) is 0 Å². The topological polar surface area (TPSA) is 0 Å². The van der Waals surface area contributed by atoms with E-state index in [4.69, 9.17) is 0 Å². The fourth-order valence-corrected chi connectivity index (χ4v) is 4.81. The van der Waals surface area contributed by atoms with Gasteiger partial charge in [-0.3, -0.25) is 0 Å². The lowest BCUT2D eigenvalue weighted by Gasteiger charge is -2.28. The number of fused-ring (bicyclic) bond motifs is 1. The molecule has 0 aliphatic heterocycles. The average molecular weight is 411 g/mol. The molecule has 0 radical (unpaired) electrons. The van der Waals surface area contributed by atoms with Crippen molar-refractivity contribution >= 4 is 10.8 Å². The lowest BCUT2D eigenvalue weighted by Crippen LogP contribution is -2.13. The van der Waals surface area contributed by atoms with E-state index in [0.29, 0.717) is 17.7 Å². The Morgan fingerprint density at radius 2 is 1.65 bits per heavy atom. The fourth-order valence-electron chi connectivity index (χ4n) is 4.81. The first-order valence-electron chi connectivity index (χ1n) is 11.6. The molecule has 0 amide bonds. The number of hydrogen-bond acceptors (Lipinski definition) is 0. The Bertz CT molecular complexity index is 1100. The molecular weight excluding hydrogens is 379 g/mol. The molecule has 4 rings (SSSR count). The first-order valence-corrected chi connectivity index (χ1v) is 11.6. The van der Waals surface area contributed by atoms with Crippen LogP contribution in [-0.4, -0.2) is 0 Å². The molecule has 158 valence electrons. The highest BCUT2D eigenvalue weighted by molar-refractivity contribution is 5.85. The van der Waals surface area contributed by atoms with E-state index in [2.05, 4.69) is 42.7 Å². The average Bonchev–Trinajstić information content (AvgIpc) is 2.82. The molecule has 0 spiro atoms. The van der Waals surface area contributed by atoms with Crippen LogP contribution in [0, 0.1) is 23.6 Å². The molecule has 3 aromatic carbocycles. The van der Waals surface area contributed by atoms with E-state index >= 15 is 0 Å². The van der Waals surface area contributed by atoms with Crippen molar-refractivity contribution in [3.8, 4) is 11.8 Å². The molecule has 1 aliphatic rings. The highest BCUT2D eigenvalue weighted by atomic mass is 19.1. The Balaban J connectivity index is 1.43. The Labute approximate surface area is 186 Å². The molecule has 1 fully saturated rings. The molecule has 0 N–H and O–H groups in total. The molecule has 0 bridgehead atoms. The van der Waals surface area contributed by atoms with Gasteiger partial charge < -0.3 is 0 Å². The molecule has 0 nitrogen and oxygen atoms in total. The number of halogens is 1. The summed E-state index contributed by atoms with van der Waals surface area (Å²) in [7, 11) is 0. The van der Waals surface area contributed by atoms with Crippen molar-refractivity contribution in [2.45, 2.75) is 57.8 Å². The number of hydrogen-bond donors (Lipinski definition) is 0. The summed E-state index contributed by atoms with van der Waals surface area (Å²) in [5.41, 5.74) is 4.14. The first kappa shape index (κ1) is 21.4. The highest BCUT2D eigenvalue weighted by Gasteiger charge is 2.21. The summed E-state index contributed by atoms with van der Waals surface area (Å²) in [6.45, 7) is 5.82. The van der Waals surface area contributed by atoms with Gasteiger partial charge in [-0.1, -0.05) is 55.2 Å². The first-order chi connectivity index (χ1) is 15.2. The summed E-state index contributed by atoms with van der Waals surface area (Å²) >= 11 is 0. The van der Waals surface area contributed by atoms with Gasteiger partial charge in [0.05, 0.1) is 0 Å². The van der Waals surface area contributed by atoms with E-state index in [0.717, 1.165) is 34.4 Å². The number of benzene rings is 3. The minimum atomic E-state index is -0.107. The fraction of sp³-hybridized carbons (Fsp3) is 0.333. The molecular formula is C30H31F. The van der Waals surface area contributed by atoms with Crippen molar-refractivity contribution in [1.82, 2.24) is 0 Å². The third-order valence-electron chi connectivity index (χ3n) is 6.77. The second-order valence-electron chi connectivity index (χ2n) is 8.78. The molecule has 1 heteroatoms. The lowest BCUT2D eigenvalue weighted by atomic mass is 9.77. The molecule has 1 saturated carbocycles. The van der Waals surface area contributed by atoms with Crippen LogP contribution < -0.4 is 0 Å². The predicted molar refractivity (Wildman–Crippen MR) is 130 cm³/mol. The van der Waals surface area contributed by atoms with Crippen molar-refractivity contribution in [2.24, 2.45) is 5.92 Å². The predicted octanol–water partition coefficient (Wildman–Crippen LogP) is 8.18. The van der Waals surface area contributed by atoms with Crippen molar-refractivity contribution in [3.63, 3.8) is 0 Å². The normalized spacial score (nSPS) is 18.4. The Hall–Kier alpha value is -2.85. The van der Waals surface area contributed by atoms with Gasteiger partial charge in [-0.15, -0.1) is 6.58 Å². The van der Waals surface area contributed by atoms with Crippen molar-refractivity contribution in [3.05, 3.63) is 95.3 Å². The number of rotatable bonds is 5. The van der Waals surface area contributed by atoms with E-state index in [1.807, 2.05) is 43.3 Å². The Morgan fingerprint density at radius 3 is 2.35 bits per heavy atom. The van der Waals surface area contributed by atoms with E-state index < -0.39 is 0 Å². The Kier molecular flexibility index (Phi) is 6.88. The molecule has 3 aromatic rings. The van der Waals surface area contributed by atoms with Crippen LogP contribution in [0.2, 0.25) is 0 Å². The maximum absolute atomic E-state index is 14.5. The second kappa shape index (κ2) is 9.97. The minimum Gasteiger partial charge on any atom is -0.206 e. The van der Waals surface area contributed by atoms with Crippen LogP contribution in [0.4, 0.5) is 4.39 Å².